The molecule has 2 heterocycles. The Balaban J connectivity index is 1.40. The number of carbonyl (C=O) groups excluding carboxylic acids is 1. The lowest BCUT2D eigenvalue weighted by molar-refractivity contribution is -0.384. The fourth-order valence-corrected chi connectivity index (χ4v) is 4.21. The summed E-state index contributed by atoms with van der Waals surface area (Å²) in [5, 5.41) is 12.1. The van der Waals surface area contributed by atoms with E-state index in [-0.39, 0.29) is 37.8 Å². The number of rotatable bonds is 5. The number of nitrogens with zero attached hydrogens (tertiary/aromatic N) is 3. The van der Waals surface area contributed by atoms with Crippen LogP contribution in [0.3, 0.4) is 0 Å². The number of amides is 1. The van der Waals surface area contributed by atoms with Crippen LogP contribution in [0.4, 0.5) is 24.5 Å². The smallest absolute Gasteiger partial charge is 0.416 e. The second-order valence-corrected chi connectivity index (χ2v) is 8.69. The van der Waals surface area contributed by atoms with Gasteiger partial charge in [0.1, 0.15) is 17.2 Å². The van der Waals surface area contributed by atoms with E-state index in [0.29, 0.717) is 33.2 Å². The third-order valence-corrected chi connectivity index (χ3v) is 6.48. The lowest BCUT2D eigenvalue weighted by Crippen LogP contribution is -2.48. The molecule has 0 atom stereocenters. The normalized spacial score (nSPS) is 14.5. The largest absolute Gasteiger partial charge is 0.457 e. The molecule has 1 saturated heterocycles. The van der Waals surface area contributed by atoms with Crippen molar-refractivity contribution in [3.05, 3.63) is 86.1 Å². The van der Waals surface area contributed by atoms with Gasteiger partial charge in [-0.2, -0.15) is 13.2 Å². The van der Waals surface area contributed by atoms with E-state index in [9.17, 15) is 28.1 Å². The van der Waals surface area contributed by atoms with Crippen LogP contribution < -0.4 is 4.90 Å². The van der Waals surface area contributed by atoms with Crippen LogP contribution in [0.25, 0.3) is 17.4 Å². The lowest BCUT2D eigenvalue weighted by atomic mass is 10.1. The Morgan fingerprint density at radius 1 is 1.06 bits per heavy atom. The quantitative estimate of drug-likeness (QED) is 0.209. The van der Waals surface area contributed by atoms with Gasteiger partial charge in [0, 0.05) is 43.9 Å². The molecule has 188 valence electrons. The van der Waals surface area contributed by atoms with Crippen molar-refractivity contribution in [2.75, 3.05) is 31.1 Å². The van der Waals surface area contributed by atoms with Gasteiger partial charge in [-0.1, -0.05) is 29.3 Å². The van der Waals surface area contributed by atoms with Crippen LogP contribution in [0, 0.1) is 10.1 Å². The Bertz CT molecular complexity index is 1330. The van der Waals surface area contributed by atoms with Gasteiger partial charge in [-0.05, 0) is 42.5 Å². The van der Waals surface area contributed by atoms with E-state index < -0.39 is 22.4 Å². The van der Waals surface area contributed by atoms with Gasteiger partial charge >= 0.3 is 6.18 Å². The van der Waals surface area contributed by atoms with Crippen LogP contribution in [0.15, 0.2) is 59.0 Å². The van der Waals surface area contributed by atoms with Gasteiger partial charge in [0.25, 0.3) is 5.69 Å². The second-order valence-electron chi connectivity index (χ2n) is 7.91. The van der Waals surface area contributed by atoms with Crippen LogP contribution in [0.2, 0.25) is 10.0 Å². The maximum atomic E-state index is 13.0. The zero-order valence-corrected chi connectivity index (χ0v) is 20.0. The molecule has 1 amide bonds. The van der Waals surface area contributed by atoms with Gasteiger partial charge in [-0.15, -0.1) is 0 Å². The first-order valence-electron chi connectivity index (χ1n) is 10.7. The first kappa shape index (κ1) is 25.6. The summed E-state index contributed by atoms with van der Waals surface area (Å²) in [6.45, 7) is 0.930. The molecule has 3 aromatic rings. The number of piperazine rings is 1. The summed E-state index contributed by atoms with van der Waals surface area (Å²) in [5.41, 5.74) is -1.02. The van der Waals surface area contributed by atoms with Crippen molar-refractivity contribution in [3.8, 4) is 11.3 Å². The van der Waals surface area contributed by atoms with Crippen molar-refractivity contribution < 1.29 is 27.3 Å². The first-order chi connectivity index (χ1) is 17.0. The van der Waals surface area contributed by atoms with Gasteiger partial charge in [0.2, 0.25) is 5.91 Å². The number of benzene rings is 2. The molecule has 12 heteroatoms. The highest BCUT2D eigenvalue weighted by molar-refractivity contribution is 6.43. The van der Waals surface area contributed by atoms with Gasteiger partial charge in [-0.3, -0.25) is 14.9 Å². The molecular formula is C24H18Cl2F3N3O4. The average molecular weight is 540 g/mol. The number of hydrogen-bond donors (Lipinski definition) is 0. The monoisotopic (exact) mass is 539 g/mol. The van der Waals surface area contributed by atoms with Crippen molar-refractivity contribution in [2.45, 2.75) is 6.18 Å². The molecule has 36 heavy (non-hydrogen) atoms. The number of furan rings is 1. The van der Waals surface area contributed by atoms with Crippen molar-refractivity contribution >= 4 is 46.6 Å². The molecule has 2 aromatic carbocycles. The Kier molecular flexibility index (Phi) is 7.28. The molecule has 4 rings (SSSR count). The molecule has 0 radical (unpaired) electrons. The van der Waals surface area contributed by atoms with Gasteiger partial charge < -0.3 is 14.2 Å². The van der Waals surface area contributed by atoms with E-state index in [1.54, 1.807) is 40.1 Å². The summed E-state index contributed by atoms with van der Waals surface area (Å²) in [6.07, 6.45) is -1.83. The van der Waals surface area contributed by atoms with E-state index in [0.717, 1.165) is 12.1 Å². The van der Waals surface area contributed by atoms with Crippen molar-refractivity contribution in [2.24, 2.45) is 0 Å². The molecule has 0 saturated carbocycles. The Morgan fingerprint density at radius 2 is 1.78 bits per heavy atom. The van der Waals surface area contributed by atoms with Crippen LogP contribution in [0.5, 0.6) is 0 Å². The molecule has 0 spiro atoms. The van der Waals surface area contributed by atoms with Crippen LogP contribution in [0.1, 0.15) is 11.3 Å². The summed E-state index contributed by atoms with van der Waals surface area (Å²) in [5.74, 6) is 0.616. The maximum Gasteiger partial charge on any atom is 0.416 e. The van der Waals surface area contributed by atoms with Crippen LogP contribution in [-0.4, -0.2) is 41.9 Å². The third-order valence-electron chi connectivity index (χ3n) is 5.67. The molecule has 0 aliphatic carbocycles. The van der Waals surface area contributed by atoms with E-state index >= 15 is 0 Å². The van der Waals surface area contributed by atoms with E-state index in [4.69, 9.17) is 27.6 Å². The molecule has 0 N–H and O–H groups in total. The predicted molar refractivity (Wildman–Crippen MR) is 130 cm³/mol. The molecule has 0 bridgehead atoms. The maximum absolute atomic E-state index is 13.0. The zero-order chi connectivity index (χ0) is 26.0. The predicted octanol–water partition coefficient (Wildman–Crippen LogP) is 6.54. The Labute approximate surface area is 213 Å². The van der Waals surface area contributed by atoms with Gasteiger partial charge in [-0.25, -0.2) is 0 Å². The summed E-state index contributed by atoms with van der Waals surface area (Å²) in [4.78, 5) is 26.3. The molecule has 1 aromatic heterocycles. The zero-order valence-electron chi connectivity index (χ0n) is 18.5. The molecule has 1 fully saturated rings. The van der Waals surface area contributed by atoms with Crippen molar-refractivity contribution in [1.82, 2.24) is 4.90 Å². The number of hydrogen-bond acceptors (Lipinski definition) is 5. The molecule has 0 unspecified atom stereocenters. The highest BCUT2D eigenvalue weighted by Gasteiger charge is 2.34. The van der Waals surface area contributed by atoms with Crippen LogP contribution in [-0.2, 0) is 11.0 Å². The van der Waals surface area contributed by atoms with E-state index in [2.05, 4.69) is 0 Å². The molecule has 1 aliphatic rings. The van der Waals surface area contributed by atoms with Crippen LogP contribution >= 0.6 is 23.2 Å². The van der Waals surface area contributed by atoms with Gasteiger partial charge in [0.15, 0.2) is 0 Å². The minimum absolute atomic E-state index is 0.0819. The van der Waals surface area contributed by atoms with Gasteiger partial charge in [0.05, 0.1) is 20.5 Å². The number of alkyl halides is 3. The van der Waals surface area contributed by atoms with E-state index in [1.807, 2.05) is 0 Å². The lowest BCUT2D eigenvalue weighted by Gasteiger charge is -2.35. The summed E-state index contributed by atoms with van der Waals surface area (Å²) in [7, 11) is 0. The second kappa shape index (κ2) is 10.2. The topological polar surface area (TPSA) is 79.8 Å². The van der Waals surface area contributed by atoms with E-state index in [1.165, 1.54) is 12.2 Å². The fraction of sp³-hybridized carbons (Fsp3) is 0.208. The fourth-order valence-electron chi connectivity index (χ4n) is 3.82. The number of nitro benzene ring substituents is 1. The Morgan fingerprint density at radius 3 is 2.44 bits per heavy atom. The SMILES string of the molecule is O=C(/C=C/c1ccc(-c2cccc(Cl)c2Cl)o1)N1CCN(c2ccc(C(F)(F)F)cc2[N+](=O)[O-])CC1. The number of nitro groups is 1. The Hall–Kier alpha value is -3.50. The summed E-state index contributed by atoms with van der Waals surface area (Å²) < 4.78 is 44.6. The summed E-state index contributed by atoms with van der Waals surface area (Å²) >= 11 is 12.3. The standard InChI is InChI=1S/C24H18Cl2F3N3O4/c25-18-3-1-2-17(23(18)26)21-8-5-16(36-21)6-9-22(33)31-12-10-30(11-13-31)19-7-4-15(24(27,28)29)14-20(19)32(34)35/h1-9,14H,10-13H2/b9-6+. The number of anilines is 1. The van der Waals surface area contributed by atoms with Crippen molar-refractivity contribution in [3.63, 3.8) is 0 Å². The summed E-state index contributed by atoms with van der Waals surface area (Å²) in [6, 6.07) is 11.0. The minimum Gasteiger partial charge on any atom is -0.457 e. The highest BCUT2D eigenvalue weighted by Crippen LogP contribution is 2.37. The third kappa shape index (κ3) is 5.50. The number of halogens is 5. The number of carbonyl (C=O) groups is 1. The average Bonchev–Trinajstić information content (AvgIpc) is 3.32. The molecular weight excluding hydrogens is 522 g/mol. The minimum atomic E-state index is -4.68. The molecule has 7 nitrogen and oxygen atoms in total. The highest BCUT2D eigenvalue weighted by atomic mass is 35.5. The first-order valence-corrected chi connectivity index (χ1v) is 11.4. The molecule has 1 aliphatic heterocycles. The van der Waals surface area contributed by atoms with Crippen molar-refractivity contribution in [1.29, 1.82) is 0 Å².